The van der Waals surface area contributed by atoms with Gasteiger partial charge in [0, 0.05) is 24.4 Å². The third kappa shape index (κ3) is 3.66. The molecule has 0 aliphatic carbocycles. The first kappa shape index (κ1) is 15.6. The van der Waals surface area contributed by atoms with Crippen LogP contribution in [0.25, 0.3) is 10.9 Å². The highest BCUT2D eigenvalue weighted by Crippen LogP contribution is 2.24. The van der Waals surface area contributed by atoms with Gasteiger partial charge in [0.25, 0.3) is 0 Å². The van der Waals surface area contributed by atoms with Gasteiger partial charge in [-0.2, -0.15) is 0 Å². The van der Waals surface area contributed by atoms with Crippen molar-refractivity contribution in [1.29, 1.82) is 0 Å². The Morgan fingerprint density at radius 1 is 1.24 bits per heavy atom. The molecule has 0 spiro atoms. The van der Waals surface area contributed by atoms with E-state index in [0.717, 1.165) is 11.6 Å². The van der Waals surface area contributed by atoms with E-state index in [9.17, 15) is 8.42 Å². The highest BCUT2D eigenvalue weighted by atomic mass is 32.2. The molecule has 0 atom stereocenters. The summed E-state index contributed by atoms with van der Waals surface area (Å²) in [7, 11) is -3.45. The van der Waals surface area contributed by atoms with E-state index in [4.69, 9.17) is 0 Å². The van der Waals surface area contributed by atoms with Crippen LogP contribution >= 0.6 is 0 Å². The lowest BCUT2D eigenvalue weighted by Crippen LogP contribution is -2.20. The van der Waals surface area contributed by atoms with Crippen molar-refractivity contribution in [3.05, 3.63) is 18.0 Å². The second-order valence-corrected chi connectivity index (χ2v) is 8.24. The number of nitrogens with one attached hydrogen (secondary N) is 1. The van der Waals surface area contributed by atoms with E-state index in [-0.39, 0.29) is 10.6 Å². The SMILES string of the molecule is Cc1nc(S(C)(=O)=O)nc2c(NCC(C)(C)C)nccc12. The fourth-order valence-corrected chi connectivity index (χ4v) is 2.39. The van der Waals surface area contributed by atoms with Crippen LogP contribution in [0.1, 0.15) is 26.5 Å². The van der Waals surface area contributed by atoms with Gasteiger partial charge in [0.05, 0.1) is 5.69 Å². The van der Waals surface area contributed by atoms with E-state index in [1.165, 1.54) is 0 Å². The van der Waals surface area contributed by atoms with E-state index < -0.39 is 9.84 Å². The van der Waals surface area contributed by atoms with Crippen molar-refractivity contribution in [1.82, 2.24) is 15.0 Å². The van der Waals surface area contributed by atoms with Gasteiger partial charge in [-0.1, -0.05) is 20.8 Å². The summed E-state index contributed by atoms with van der Waals surface area (Å²) in [5.41, 5.74) is 1.24. The van der Waals surface area contributed by atoms with Crippen molar-refractivity contribution in [3.8, 4) is 0 Å². The summed E-state index contributed by atoms with van der Waals surface area (Å²) in [6, 6.07) is 1.79. The van der Waals surface area contributed by atoms with Crippen molar-refractivity contribution in [2.75, 3.05) is 18.1 Å². The zero-order valence-electron chi connectivity index (χ0n) is 12.9. The van der Waals surface area contributed by atoms with Gasteiger partial charge in [-0.25, -0.2) is 23.4 Å². The van der Waals surface area contributed by atoms with E-state index in [1.807, 2.05) is 0 Å². The van der Waals surface area contributed by atoms with Crippen LogP contribution in [-0.2, 0) is 9.84 Å². The minimum absolute atomic E-state index is 0.0750. The molecule has 0 saturated heterocycles. The maximum absolute atomic E-state index is 11.7. The summed E-state index contributed by atoms with van der Waals surface area (Å²) >= 11 is 0. The molecule has 6 nitrogen and oxygen atoms in total. The molecule has 0 aliphatic heterocycles. The maximum atomic E-state index is 11.7. The van der Waals surface area contributed by atoms with Crippen molar-refractivity contribution in [3.63, 3.8) is 0 Å². The topological polar surface area (TPSA) is 84.8 Å². The minimum atomic E-state index is -3.45. The van der Waals surface area contributed by atoms with E-state index in [0.29, 0.717) is 23.6 Å². The normalized spacial score (nSPS) is 12.6. The number of rotatable bonds is 3. The molecule has 0 amide bonds. The molecule has 0 saturated carbocycles. The third-order valence-electron chi connectivity index (χ3n) is 2.90. The number of aryl methyl sites for hydroxylation is 1. The summed E-state index contributed by atoms with van der Waals surface area (Å²) in [5, 5.41) is 3.87. The molecule has 0 aromatic carbocycles. The Morgan fingerprint density at radius 3 is 2.48 bits per heavy atom. The molecule has 21 heavy (non-hydrogen) atoms. The van der Waals surface area contributed by atoms with Gasteiger partial charge in [-0.3, -0.25) is 0 Å². The molecular formula is C14H20N4O2S. The first-order valence-corrected chi connectivity index (χ1v) is 8.54. The van der Waals surface area contributed by atoms with E-state index in [1.54, 1.807) is 19.2 Å². The lowest BCUT2D eigenvalue weighted by atomic mass is 9.97. The number of sulfone groups is 1. The Balaban J connectivity index is 2.59. The highest BCUT2D eigenvalue weighted by molar-refractivity contribution is 7.90. The Morgan fingerprint density at radius 2 is 1.90 bits per heavy atom. The van der Waals surface area contributed by atoms with Crippen LogP contribution in [0.4, 0.5) is 5.82 Å². The molecule has 0 unspecified atom stereocenters. The summed E-state index contributed by atoms with van der Waals surface area (Å²) in [6.07, 6.45) is 2.77. The van der Waals surface area contributed by atoms with Crippen LogP contribution in [0, 0.1) is 12.3 Å². The van der Waals surface area contributed by atoms with Crippen LogP contribution < -0.4 is 5.32 Å². The average Bonchev–Trinajstić information content (AvgIpc) is 2.34. The molecule has 0 bridgehead atoms. The maximum Gasteiger partial charge on any atom is 0.247 e. The van der Waals surface area contributed by atoms with Crippen molar-refractivity contribution in [2.24, 2.45) is 5.41 Å². The van der Waals surface area contributed by atoms with Gasteiger partial charge in [-0.15, -0.1) is 0 Å². The Hall–Kier alpha value is -1.76. The molecule has 2 heterocycles. The zero-order chi connectivity index (χ0) is 15.8. The first-order valence-electron chi connectivity index (χ1n) is 6.65. The Kier molecular flexibility index (Phi) is 3.88. The summed E-state index contributed by atoms with van der Waals surface area (Å²) in [6.45, 7) is 8.79. The van der Waals surface area contributed by atoms with E-state index in [2.05, 4.69) is 41.0 Å². The second-order valence-electron chi connectivity index (χ2n) is 6.33. The fourth-order valence-electron chi connectivity index (χ4n) is 1.83. The molecule has 7 heteroatoms. The Bertz CT molecular complexity index is 779. The number of fused-ring (bicyclic) bond motifs is 1. The van der Waals surface area contributed by atoms with Crippen LogP contribution in [0.2, 0.25) is 0 Å². The number of nitrogens with zero attached hydrogens (tertiary/aromatic N) is 3. The average molecular weight is 308 g/mol. The van der Waals surface area contributed by atoms with Gasteiger partial charge in [-0.05, 0) is 18.4 Å². The van der Waals surface area contributed by atoms with Crippen LogP contribution in [0.5, 0.6) is 0 Å². The summed E-state index contributed by atoms with van der Waals surface area (Å²) in [5.74, 6) is 0.581. The van der Waals surface area contributed by atoms with Gasteiger partial charge >= 0.3 is 0 Å². The molecule has 2 rings (SSSR count). The van der Waals surface area contributed by atoms with Gasteiger partial charge in [0.15, 0.2) is 5.82 Å². The number of hydrogen-bond acceptors (Lipinski definition) is 6. The zero-order valence-corrected chi connectivity index (χ0v) is 13.7. The van der Waals surface area contributed by atoms with E-state index >= 15 is 0 Å². The predicted molar refractivity (Wildman–Crippen MR) is 83.1 cm³/mol. The van der Waals surface area contributed by atoms with Crippen LogP contribution in [0.3, 0.4) is 0 Å². The number of pyridine rings is 1. The van der Waals surface area contributed by atoms with Crippen molar-refractivity contribution < 1.29 is 8.42 Å². The molecule has 0 fully saturated rings. The molecule has 1 N–H and O–H groups in total. The minimum Gasteiger partial charge on any atom is -0.368 e. The van der Waals surface area contributed by atoms with Crippen molar-refractivity contribution in [2.45, 2.75) is 32.9 Å². The number of hydrogen-bond donors (Lipinski definition) is 1. The van der Waals surface area contributed by atoms with Crippen LogP contribution in [0.15, 0.2) is 17.4 Å². The standard InChI is InChI=1S/C14H20N4O2S/c1-9-10-6-7-15-12(16-8-14(2,3)4)11(10)18-13(17-9)21(5,19)20/h6-7H,8H2,1-5H3,(H,15,16). The third-order valence-corrected chi connectivity index (χ3v) is 3.75. The quantitative estimate of drug-likeness (QED) is 0.875. The van der Waals surface area contributed by atoms with Crippen molar-refractivity contribution >= 4 is 26.6 Å². The smallest absolute Gasteiger partial charge is 0.247 e. The highest BCUT2D eigenvalue weighted by Gasteiger charge is 2.17. The lowest BCUT2D eigenvalue weighted by Gasteiger charge is -2.19. The van der Waals surface area contributed by atoms with Crippen LogP contribution in [-0.4, -0.2) is 36.2 Å². The van der Waals surface area contributed by atoms with Gasteiger partial charge in [0.2, 0.25) is 15.0 Å². The second kappa shape index (κ2) is 5.22. The molecule has 0 radical (unpaired) electrons. The monoisotopic (exact) mass is 308 g/mol. The molecule has 0 aliphatic rings. The van der Waals surface area contributed by atoms with Gasteiger partial charge < -0.3 is 5.32 Å². The predicted octanol–water partition coefficient (Wildman–Crippen LogP) is 2.19. The molecule has 114 valence electrons. The first-order chi connectivity index (χ1) is 9.58. The Labute approximate surface area is 125 Å². The summed E-state index contributed by atoms with van der Waals surface area (Å²) in [4.78, 5) is 12.5. The lowest BCUT2D eigenvalue weighted by molar-refractivity contribution is 0.442. The molecular weight excluding hydrogens is 288 g/mol. The fraction of sp³-hybridized carbons (Fsp3) is 0.500. The molecule has 2 aromatic heterocycles. The largest absolute Gasteiger partial charge is 0.368 e. The number of anilines is 1. The van der Waals surface area contributed by atoms with Gasteiger partial charge in [0.1, 0.15) is 5.52 Å². The number of aromatic nitrogens is 3. The summed E-state index contributed by atoms with van der Waals surface area (Å²) < 4.78 is 23.4. The molecule has 2 aromatic rings.